The second kappa shape index (κ2) is 4.92. The zero-order valence-corrected chi connectivity index (χ0v) is 9.18. The summed E-state index contributed by atoms with van der Waals surface area (Å²) in [7, 11) is 0. The van der Waals surface area contributed by atoms with E-state index >= 15 is 0 Å². The fourth-order valence-corrected chi connectivity index (χ4v) is 1.25. The first-order valence-electron chi connectivity index (χ1n) is 4.95. The molecule has 0 aliphatic rings. The van der Waals surface area contributed by atoms with Crippen LogP contribution in [0.1, 0.15) is 20.3 Å². The van der Waals surface area contributed by atoms with Gasteiger partial charge in [0.25, 0.3) is 0 Å². The lowest BCUT2D eigenvalue weighted by molar-refractivity contribution is -0.116. The zero-order chi connectivity index (χ0) is 12.3. The predicted molar refractivity (Wildman–Crippen MR) is 58.9 cm³/mol. The van der Waals surface area contributed by atoms with Crippen molar-refractivity contribution in [3.8, 4) is 0 Å². The van der Waals surface area contributed by atoms with Crippen LogP contribution in [0.25, 0.3) is 0 Å². The molecule has 0 saturated heterocycles. The van der Waals surface area contributed by atoms with Crippen LogP contribution in [0.4, 0.5) is 20.2 Å². The van der Waals surface area contributed by atoms with E-state index in [0.29, 0.717) is 6.42 Å². The fraction of sp³-hybridized carbons (Fsp3) is 0.364. The maximum atomic E-state index is 13.1. The summed E-state index contributed by atoms with van der Waals surface area (Å²) in [5.41, 5.74) is 5.06. The molecular weight excluding hydrogens is 214 g/mol. The van der Waals surface area contributed by atoms with E-state index in [1.165, 1.54) is 6.07 Å². The van der Waals surface area contributed by atoms with E-state index in [-0.39, 0.29) is 23.2 Å². The summed E-state index contributed by atoms with van der Waals surface area (Å²) in [6.07, 6.45) is 0.304. The van der Waals surface area contributed by atoms with Crippen LogP contribution >= 0.6 is 0 Å². The fourth-order valence-electron chi connectivity index (χ4n) is 1.25. The average Bonchev–Trinajstić information content (AvgIpc) is 2.18. The maximum Gasteiger partial charge on any atom is 0.224 e. The van der Waals surface area contributed by atoms with Crippen LogP contribution in [-0.2, 0) is 4.79 Å². The lowest BCUT2D eigenvalue weighted by Crippen LogP contribution is -2.15. The SMILES string of the molecule is CC(C)CC(=O)Nc1ccc(F)c(F)c1N. The molecule has 1 amide bonds. The van der Waals surface area contributed by atoms with Gasteiger partial charge in [-0.15, -0.1) is 0 Å². The number of carbonyl (C=O) groups excluding carboxylic acids is 1. The zero-order valence-electron chi connectivity index (χ0n) is 9.18. The van der Waals surface area contributed by atoms with Gasteiger partial charge < -0.3 is 11.1 Å². The van der Waals surface area contributed by atoms with Crippen LogP contribution in [0, 0.1) is 17.6 Å². The minimum atomic E-state index is -1.14. The number of rotatable bonds is 3. The third kappa shape index (κ3) is 2.92. The quantitative estimate of drug-likeness (QED) is 0.781. The van der Waals surface area contributed by atoms with Crippen molar-refractivity contribution in [1.29, 1.82) is 0 Å². The highest BCUT2D eigenvalue weighted by Gasteiger charge is 2.13. The number of nitrogens with two attached hydrogens (primary N) is 1. The highest BCUT2D eigenvalue weighted by Crippen LogP contribution is 2.24. The monoisotopic (exact) mass is 228 g/mol. The molecule has 0 aromatic heterocycles. The Labute approximate surface area is 92.6 Å². The second-order valence-corrected chi connectivity index (χ2v) is 3.97. The number of carbonyl (C=O) groups is 1. The summed E-state index contributed by atoms with van der Waals surface area (Å²) in [4.78, 5) is 11.4. The highest BCUT2D eigenvalue weighted by atomic mass is 19.2. The molecular formula is C11H14F2N2O. The Morgan fingerprint density at radius 3 is 2.62 bits per heavy atom. The van der Waals surface area contributed by atoms with Gasteiger partial charge in [-0.1, -0.05) is 13.8 Å². The average molecular weight is 228 g/mol. The number of anilines is 2. The summed E-state index contributed by atoms with van der Waals surface area (Å²) in [6.45, 7) is 3.77. The molecule has 0 saturated carbocycles. The Balaban J connectivity index is 2.82. The molecule has 0 aliphatic carbocycles. The topological polar surface area (TPSA) is 55.1 Å². The lowest BCUT2D eigenvalue weighted by atomic mass is 10.1. The third-order valence-corrected chi connectivity index (χ3v) is 2.00. The van der Waals surface area contributed by atoms with Gasteiger partial charge in [0.15, 0.2) is 11.6 Å². The Kier molecular flexibility index (Phi) is 3.82. The molecule has 1 aromatic rings. The van der Waals surface area contributed by atoms with Gasteiger partial charge in [-0.3, -0.25) is 4.79 Å². The van der Waals surface area contributed by atoms with Crippen LogP contribution in [0.2, 0.25) is 0 Å². The highest BCUT2D eigenvalue weighted by molar-refractivity contribution is 5.93. The molecule has 0 aliphatic heterocycles. The number of amides is 1. The first-order chi connectivity index (χ1) is 7.41. The molecule has 0 spiro atoms. The summed E-state index contributed by atoms with van der Waals surface area (Å²) in [6, 6.07) is 2.17. The van der Waals surface area contributed by atoms with Crippen LogP contribution < -0.4 is 11.1 Å². The van der Waals surface area contributed by atoms with E-state index < -0.39 is 11.6 Å². The summed E-state index contributed by atoms with van der Waals surface area (Å²) >= 11 is 0. The Morgan fingerprint density at radius 1 is 1.44 bits per heavy atom. The molecule has 5 heteroatoms. The molecule has 0 radical (unpaired) electrons. The largest absolute Gasteiger partial charge is 0.395 e. The first kappa shape index (κ1) is 12.4. The number of hydrogen-bond acceptors (Lipinski definition) is 2. The van der Waals surface area contributed by atoms with Crippen molar-refractivity contribution in [2.45, 2.75) is 20.3 Å². The van der Waals surface area contributed by atoms with Crippen molar-refractivity contribution < 1.29 is 13.6 Å². The van der Waals surface area contributed by atoms with E-state index in [1.54, 1.807) is 0 Å². The van der Waals surface area contributed by atoms with Crippen molar-refractivity contribution in [3.63, 3.8) is 0 Å². The van der Waals surface area contributed by atoms with Crippen molar-refractivity contribution in [2.24, 2.45) is 5.92 Å². The summed E-state index contributed by atoms with van der Waals surface area (Å²) < 4.78 is 25.8. The molecule has 0 bridgehead atoms. The van der Waals surface area contributed by atoms with Crippen LogP contribution in [0.5, 0.6) is 0 Å². The first-order valence-corrected chi connectivity index (χ1v) is 4.95. The molecule has 0 unspecified atom stereocenters. The third-order valence-electron chi connectivity index (χ3n) is 2.00. The van der Waals surface area contributed by atoms with Crippen LogP contribution in [-0.4, -0.2) is 5.91 Å². The summed E-state index contributed by atoms with van der Waals surface area (Å²) in [5, 5.41) is 2.44. The van der Waals surface area contributed by atoms with Crippen molar-refractivity contribution in [3.05, 3.63) is 23.8 Å². The van der Waals surface area contributed by atoms with Gasteiger partial charge in [0.2, 0.25) is 5.91 Å². The van der Waals surface area contributed by atoms with E-state index in [4.69, 9.17) is 5.73 Å². The molecule has 0 atom stereocenters. The predicted octanol–water partition coefficient (Wildman–Crippen LogP) is 2.53. The van der Waals surface area contributed by atoms with Gasteiger partial charge in [-0.25, -0.2) is 8.78 Å². The Morgan fingerprint density at radius 2 is 2.06 bits per heavy atom. The van der Waals surface area contributed by atoms with E-state index in [2.05, 4.69) is 5.32 Å². The van der Waals surface area contributed by atoms with E-state index in [0.717, 1.165) is 6.07 Å². The second-order valence-electron chi connectivity index (χ2n) is 3.97. The van der Waals surface area contributed by atoms with Crippen molar-refractivity contribution in [2.75, 3.05) is 11.1 Å². The normalized spacial score (nSPS) is 10.6. The van der Waals surface area contributed by atoms with E-state index in [1.807, 2.05) is 13.8 Å². The molecule has 0 fully saturated rings. The summed E-state index contributed by atoms with van der Waals surface area (Å²) in [5.74, 6) is -2.25. The Hall–Kier alpha value is -1.65. The molecule has 88 valence electrons. The number of halogens is 2. The van der Waals surface area contributed by atoms with Gasteiger partial charge in [-0.2, -0.15) is 0 Å². The number of nitrogen functional groups attached to an aromatic ring is 1. The van der Waals surface area contributed by atoms with Gasteiger partial charge in [0, 0.05) is 6.42 Å². The standard InChI is InChI=1S/C11H14F2N2O/c1-6(2)5-9(16)15-8-4-3-7(12)10(13)11(8)14/h3-4,6H,5,14H2,1-2H3,(H,15,16). The molecule has 3 nitrogen and oxygen atoms in total. The molecule has 16 heavy (non-hydrogen) atoms. The van der Waals surface area contributed by atoms with Crippen LogP contribution in [0.3, 0.4) is 0 Å². The van der Waals surface area contributed by atoms with Crippen LogP contribution in [0.15, 0.2) is 12.1 Å². The molecule has 1 rings (SSSR count). The lowest BCUT2D eigenvalue weighted by Gasteiger charge is -2.10. The molecule has 0 heterocycles. The minimum absolute atomic E-state index is 0.101. The van der Waals surface area contributed by atoms with E-state index in [9.17, 15) is 13.6 Å². The molecule has 1 aromatic carbocycles. The minimum Gasteiger partial charge on any atom is -0.395 e. The number of hydrogen-bond donors (Lipinski definition) is 2. The van der Waals surface area contributed by atoms with Gasteiger partial charge >= 0.3 is 0 Å². The van der Waals surface area contributed by atoms with Gasteiger partial charge in [0.05, 0.1) is 11.4 Å². The van der Waals surface area contributed by atoms with Crippen molar-refractivity contribution in [1.82, 2.24) is 0 Å². The Bertz CT molecular complexity index is 405. The number of nitrogens with one attached hydrogen (secondary N) is 1. The van der Waals surface area contributed by atoms with Gasteiger partial charge in [-0.05, 0) is 18.1 Å². The van der Waals surface area contributed by atoms with Crippen molar-refractivity contribution >= 4 is 17.3 Å². The maximum absolute atomic E-state index is 13.1. The van der Waals surface area contributed by atoms with Gasteiger partial charge in [0.1, 0.15) is 0 Å². The molecule has 3 N–H and O–H groups in total. The smallest absolute Gasteiger partial charge is 0.224 e. The number of benzene rings is 1.